The molecule has 0 bridgehead atoms. The maximum absolute atomic E-state index is 12.1. The van der Waals surface area contributed by atoms with Gasteiger partial charge in [-0.3, -0.25) is 4.79 Å². The minimum absolute atomic E-state index is 0.105. The summed E-state index contributed by atoms with van der Waals surface area (Å²) in [6.45, 7) is 1.77. The highest BCUT2D eigenvalue weighted by atomic mass is 32.2. The molecule has 0 unspecified atom stereocenters. The molecule has 0 aliphatic heterocycles. The number of aromatic nitrogens is 3. The van der Waals surface area contributed by atoms with Gasteiger partial charge in [0, 0.05) is 19.8 Å². The fraction of sp³-hybridized carbons (Fsp3) is 0.250. The third-order valence-electron chi connectivity index (χ3n) is 2.88. The van der Waals surface area contributed by atoms with Crippen LogP contribution < -0.4 is 5.32 Å². The number of aryl methyl sites for hydroxylation is 1. The minimum Gasteiger partial charge on any atom is -0.320 e. The predicted octanol–water partition coefficient (Wildman–Crippen LogP) is 0.616. The van der Waals surface area contributed by atoms with Crippen LogP contribution in [0.25, 0.3) is 0 Å². The van der Waals surface area contributed by atoms with Gasteiger partial charge in [-0.1, -0.05) is 6.07 Å². The Morgan fingerprint density at radius 3 is 2.62 bits per heavy atom. The average Bonchev–Trinajstić information content (AvgIpc) is 2.94. The lowest BCUT2D eigenvalue weighted by Crippen LogP contribution is -2.22. The van der Waals surface area contributed by atoms with Gasteiger partial charge in [0.05, 0.1) is 11.1 Å². The van der Waals surface area contributed by atoms with Crippen molar-refractivity contribution in [3.63, 3.8) is 0 Å². The molecule has 1 heterocycles. The number of benzene rings is 1. The largest absolute Gasteiger partial charge is 0.320 e. The molecule has 0 atom stereocenters. The number of rotatable bonds is 4. The van der Waals surface area contributed by atoms with Gasteiger partial charge < -0.3 is 5.32 Å². The number of hydrogen-bond acceptors (Lipinski definition) is 5. The molecule has 1 aromatic carbocycles. The fourth-order valence-electron chi connectivity index (χ4n) is 1.60. The lowest BCUT2D eigenvalue weighted by Gasteiger charge is -2.14. The van der Waals surface area contributed by atoms with E-state index in [1.807, 2.05) is 0 Å². The normalized spacial score (nSPS) is 11.6. The summed E-state index contributed by atoms with van der Waals surface area (Å²) in [7, 11) is -0.663. The lowest BCUT2D eigenvalue weighted by molar-refractivity contribution is 0.102. The van der Waals surface area contributed by atoms with Crippen LogP contribution in [0, 0.1) is 6.92 Å². The number of anilines is 1. The second-order valence-corrected chi connectivity index (χ2v) is 6.73. The van der Waals surface area contributed by atoms with Gasteiger partial charge in [0.1, 0.15) is 0 Å². The second-order valence-electron chi connectivity index (χ2n) is 4.57. The van der Waals surface area contributed by atoms with E-state index in [2.05, 4.69) is 20.7 Å². The zero-order chi connectivity index (χ0) is 15.6. The van der Waals surface area contributed by atoms with Crippen molar-refractivity contribution in [1.29, 1.82) is 0 Å². The number of nitrogens with zero attached hydrogens (tertiary/aromatic N) is 3. The Morgan fingerprint density at radius 1 is 1.33 bits per heavy atom. The molecule has 0 saturated carbocycles. The first-order chi connectivity index (χ1) is 9.82. The highest BCUT2D eigenvalue weighted by Crippen LogP contribution is 2.22. The summed E-state index contributed by atoms with van der Waals surface area (Å²) in [5, 5.41) is 12.2. The molecular weight excluding hydrogens is 294 g/mol. The monoisotopic (exact) mass is 309 g/mol. The van der Waals surface area contributed by atoms with Crippen molar-refractivity contribution in [2.75, 3.05) is 19.4 Å². The van der Waals surface area contributed by atoms with E-state index >= 15 is 0 Å². The SMILES string of the molecule is Cc1ccc(S(=O)(=O)N(C)C)cc1NC(=O)c1cn[nH]n1. The van der Waals surface area contributed by atoms with E-state index in [1.54, 1.807) is 13.0 Å². The van der Waals surface area contributed by atoms with E-state index < -0.39 is 15.9 Å². The van der Waals surface area contributed by atoms with Crippen LogP contribution in [0.15, 0.2) is 29.3 Å². The van der Waals surface area contributed by atoms with Gasteiger partial charge in [0.15, 0.2) is 5.69 Å². The molecule has 0 saturated heterocycles. The first-order valence-electron chi connectivity index (χ1n) is 6.02. The van der Waals surface area contributed by atoms with Crippen LogP contribution in [0.1, 0.15) is 16.1 Å². The smallest absolute Gasteiger partial charge is 0.277 e. The van der Waals surface area contributed by atoms with Crippen molar-refractivity contribution in [3.05, 3.63) is 35.7 Å². The topological polar surface area (TPSA) is 108 Å². The first kappa shape index (κ1) is 15.1. The molecule has 112 valence electrons. The molecule has 2 aromatic rings. The minimum atomic E-state index is -3.56. The number of hydrogen-bond donors (Lipinski definition) is 2. The van der Waals surface area contributed by atoms with E-state index in [-0.39, 0.29) is 10.6 Å². The van der Waals surface area contributed by atoms with Crippen molar-refractivity contribution in [1.82, 2.24) is 19.7 Å². The summed E-state index contributed by atoms with van der Waals surface area (Å²) >= 11 is 0. The second kappa shape index (κ2) is 5.62. The van der Waals surface area contributed by atoms with Crippen LogP contribution in [0.5, 0.6) is 0 Å². The van der Waals surface area contributed by atoms with Crippen molar-refractivity contribution in [2.24, 2.45) is 0 Å². The molecular formula is C12H15N5O3S. The lowest BCUT2D eigenvalue weighted by atomic mass is 10.2. The van der Waals surface area contributed by atoms with Gasteiger partial charge in [0.2, 0.25) is 10.0 Å². The standard InChI is InChI=1S/C12H15N5O3S/c1-8-4-5-9(21(19,20)17(2)3)6-10(8)14-12(18)11-7-13-16-15-11/h4-7H,1-3H3,(H,14,18)(H,13,15,16). The van der Waals surface area contributed by atoms with Gasteiger partial charge in [-0.2, -0.15) is 15.4 Å². The molecule has 0 radical (unpaired) electrons. The number of carbonyl (C=O) groups excluding carboxylic acids is 1. The van der Waals surface area contributed by atoms with Crippen LogP contribution in [-0.2, 0) is 10.0 Å². The molecule has 0 fully saturated rings. The summed E-state index contributed by atoms with van der Waals surface area (Å²) in [5.74, 6) is -0.466. The van der Waals surface area contributed by atoms with E-state index in [0.29, 0.717) is 5.69 Å². The highest BCUT2D eigenvalue weighted by molar-refractivity contribution is 7.89. The number of H-pyrrole nitrogens is 1. The Kier molecular flexibility index (Phi) is 4.05. The number of nitrogens with one attached hydrogen (secondary N) is 2. The highest BCUT2D eigenvalue weighted by Gasteiger charge is 2.19. The number of carbonyl (C=O) groups is 1. The van der Waals surface area contributed by atoms with Crippen LogP contribution in [0.3, 0.4) is 0 Å². The molecule has 21 heavy (non-hydrogen) atoms. The Bertz CT molecular complexity index is 753. The Balaban J connectivity index is 2.35. The number of sulfonamides is 1. The van der Waals surface area contributed by atoms with E-state index in [4.69, 9.17) is 0 Å². The maximum Gasteiger partial charge on any atom is 0.277 e. The molecule has 8 nitrogen and oxygen atoms in total. The van der Waals surface area contributed by atoms with Gasteiger partial charge in [-0.05, 0) is 24.6 Å². The zero-order valence-corrected chi connectivity index (χ0v) is 12.6. The maximum atomic E-state index is 12.1. The van der Waals surface area contributed by atoms with Crippen molar-refractivity contribution >= 4 is 21.6 Å². The van der Waals surface area contributed by atoms with E-state index in [1.165, 1.54) is 32.4 Å². The summed E-state index contributed by atoms with van der Waals surface area (Å²) in [5.41, 5.74) is 1.27. The summed E-state index contributed by atoms with van der Waals surface area (Å²) in [6, 6.07) is 4.55. The number of aromatic amines is 1. The van der Waals surface area contributed by atoms with Gasteiger partial charge in [-0.25, -0.2) is 12.7 Å². The van der Waals surface area contributed by atoms with E-state index in [0.717, 1.165) is 9.87 Å². The predicted molar refractivity (Wildman–Crippen MR) is 76.4 cm³/mol. The van der Waals surface area contributed by atoms with Crippen LogP contribution >= 0.6 is 0 Å². The van der Waals surface area contributed by atoms with Gasteiger partial charge in [-0.15, -0.1) is 0 Å². The Morgan fingerprint density at radius 2 is 2.05 bits per heavy atom. The molecule has 1 aromatic heterocycles. The zero-order valence-electron chi connectivity index (χ0n) is 11.8. The number of amides is 1. The van der Waals surface area contributed by atoms with Crippen LogP contribution in [-0.4, -0.2) is 48.1 Å². The molecule has 2 N–H and O–H groups in total. The third-order valence-corrected chi connectivity index (χ3v) is 4.69. The molecule has 1 amide bonds. The third kappa shape index (κ3) is 3.09. The van der Waals surface area contributed by atoms with Crippen LogP contribution in [0.4, 0.5) is 5.69 Å². The van der Waals surface area contributed by atoms with Gasteiger partial charge >= 0.3 is 0 Å². The quantitative estimate of drug-likeness (QED) is 0.860. The molecule has 2 rings (SSSR count). The van der Waals surface area contributed by atoms with Crippen LogP contribution in [0.2, 0.25) is 0 Å². The van der Waals surface area contributed by atoms with E-state index in [9.17, 15) is 13.2 Å². The summed E-state index contributed by atoms with van der Waals surface area (Å²) < 4.78 is 25.3. The first-order valence-corrected chi connectivity index (χ1v) is 7.46. The molecule has 9 heteroatoms. The molecule has 0 spiro atoms. The van der Waals surface area contributed by atoms with Crippen molar-refractivity contribution in [2.45, 2.75) is 11.8 Å². The Hall–Kier alpha value is -2.26. The summed E-state index contributed by atoms with van der Waals surface area (Å²) in [6.07, 6.45) is 1.28. The Labute approximate surface area is 122 Å². The van der Waals surface area contributed by atoms with Gasteiger partial charge in [0.25, 0.3) is 5.91 Å². The average molecular weight is 309 g/mol. The molecule has 0 aliphatic carbocycles. The molecule has 0 aliphatic rings. The summed E-state index contributed by atoms with van der Waals surface area (Å²) in [4.78, 5) is 12.0. The fourth-order valence-corrected chi connectivity index (χ4v) is 2.53. The van der Waals surface area contributed by atoms with Crippen molar-refractivity contribution in [3.8, 4) is 0 Å². The van der Waals surface area contributed by atoms with Crippen molar-refractivity contribution < 1.29 is 13.2 Å².